The number of halogens is 1. The summed E-state index contributed by atoms with van der Waals surface area (Å²) in [6, 6.07) is 17.1. The van der Waals surface area contributed by atoms with Gasteiger partial charge in [0.25, 0.3) is 0 Å². The van der Waals surface area contributed by atoms with E-state index in [1.54, 1.807) is 0 Å². The second-order valence-electron chi connectivity index (χ2n) is 8.64. The molecular formula is C26H33ClN2O3. The summed E-state index contributed by atoms with van der Waals surface area (Å²) < 4.78 is 5.47. The van der Waals surface area contributed by atoms with E-state index in [-0.39, 0.29) is 36.1 Å². The van der Waals surface area contributed by atoms with Crippen LogP contribution in [0.15, 0.2) is 54.6 Å². The molecule has 2 atom stereocenters. The van der Waals surface area contributed by atoms with Crippen LogP contribution in [0.25, 0.3) is 0 Å². The van der Waals surface area contributed by atoms with E-state index in [4.69, 9.17) is 4.74 Å². The van der Waals surface area contributed by atoms with Gasteiger partial charge in [-0.1, -0.05) is 48.5 Å². The minimum absolute atomic E-state index is 0. The minimum atomic E-state index is -0.270. The second kappa shape index (κ2) is 11.6. The van der Waals surface area contributed by atoms with Crippen molar-refractivity contribution in [1.29, 1.82) is 0 Å². The third kappa shape index (κ3) is 5.77. The van der Waals surface area contributed by atoms with Crippen LogP contribution >= 0.6 is 12.4 Å². The summed E-state index contributed by atoms with van der Waals surface area (Å²) >= 11 is 0. The van der Waals surface area contributed by atoms with Crippen molar-refractivity contribution in [3.63, 3.8) is 0 Å². The van der Waals surface area contributed by atoms with Crippen molar-refractivity contribution >= 4 is 24.1 Å². The standard InChI is InChI=1S/C26H32N2O3.ClH/c1-20(22-10-7-11-23(18-22)25(29)21-8-3-2-4-9-21)26(30)28-13-6-5-12-24(28)19-27-14-16-31-17-15-27;/h2-4,7-11,18,20,24H,5-6,12-17,19H2,1H3;1H. The molecular weight excluding hydrogens is 424 g/mol. The van der Waals surface area contributed by atoms with Crippen LogP contribution in [0, 0.1) is 0 Å². The van der Waals surface area contributed by atoms with Gasteiger partial charge < -0.3 is 9.64 Å². The number of likely N-dealkylation sites (tertiary alicyclic amines) is 1. The van der Waals surface area contributed by atoms with Crippen LogP contribution in [0.1, 0.15) is 53.6 Å². The largest absolute Gasteiger partial charge is 0.379 e. The van der Waals surface area contributed by atoms with Gasteiger partial charge in [-0.3, -0.25) is 14.5 Å². The highest BCUT2D eigenvalue weighted by Gasteiger charge is 2.32. The predicted octanol–water partition coefficient (Wildman–Crippen LogP) is 4.16. The van der Waals surface area contributed by atoms with Crippen LogP contribution in [0.2, 0.25) is 0 Å². The third-order valence-corrected chi connectivity index (χ3v) is 6.54. The molecule has 172 valence electrons. The monoisotopic (exact) mass is 456 g/mol. The van der Waals surface area contributed by atoms with Crippen molar-refractivity contribution in [3.8, 4) is 0 Å². The van der Waals surface area contributed by atoms with Crippen LogP contribution < -0.4 is 0 Å². The van der Waals surface area contributed by atoms with Gasteiger partial charge in [0.1, 0.15) is 0 Å². The number of rotatable bonds is 6. The van der Waals surface area contributed by atoms with Gasteiger partial charge in [-0.05, 0) is 37.8 Å². The Hall–Kier alpha value is -2.21. The van der Waals surface area contributed by atoms with Gasteiger partial charge in [-0.15, -0.1) is 12.4 Å². The van der Waals surface area contributed by atoms with E-state index in [1.807, 2.05) is 61.5 Å². The average molecular weight is 457 g/mol. The Morgan fingerprint density at radius 2 is 1.69 bits per heavy atom. The summed E-state index contributed by atoms with van der Waals surface area (Å²) in [5.41, 5.74) is 2.20. The first-order chi connectivity index (χ1) is 15.1. The number of piperidine rings is 1. The van der Waals surface area contributed by atoms with E-state index in [2.05, 4.69) is 9.80 Å². The number of amides is 1. The number of ketones is 1. The molecule has 2 heterocycles. The van der Waals surface area contributed by atoms with Gasteiger partial charge in [-0.2, -0.15) is 0 Å². The van der Waals surface area contributed by atoms with E-state index in [0.29, 0.717) is 11.1 Å². The normalized spacial score (nSPS) is 20.3. The number of ether oxygens (including phenoxy) is 1. The molecule has 4 rings (SSSR count). The highest BCUT2D eigenvalue weighted by Crippen LogP contribution is 2.26. The number of nitrogens with zero attached hydrogens (tertiary/aromatic N) is 2. The topological polar surface area (TPSA) is 49.9 Å². The van der Waals surface area contributed by atoms with Crippen molar-refractivity contribution in [2.24, 2.45) is 0 Å². The average Bonchev–Trinajstić information content (AvgIpc) is 2.84. The lowest BCUT2D eigenvalue weighted by Gasteiger charge is -2.40. The van der Waals surface area contributed by atoms with Gasteiger partial charge >= 0.3 is 0 Å². The number of carbonyl (C=O) groups is 2. The summed E-state index contributed by atoms with van der Waals surface area (Å²) in [7, 11) is 0. The maximum absolute atomic E-state index is 13.5. The van der Waals surface area contributed by atoms with Crippen LogP contribution in [0.4, 0.5) is 0 Å². The van der Waals surface area contributed by atoms with E-state index in [0.717, 1.165) is 57.8 Å². The summed E-state index contributed by atoms with van der Waals surface area (Å²) in [4.78, 5) is 30.9. The van der Waals surface area contributed by atoms with Gasteiger partial charge in [0.15, 0.2) is 5.78 Å². The lowest BCUT2D eigenvalue weighted by atomic mass is 9.93. The molecule has 0 N–H and O–H groups in total. The Balaban J connectivity index is 0.00000289. The molecule has 2 saturated heterocycles. The molecule has 0 bridgehead atoms. The molecule has 0 radical (unpaired) electrons. The van der Waals surface area contributed by atoms with Gasteiger partial charge in [-0.25, -0.2) is 0 Å². The minimum Gasteiger partial charge on any atom is -0.379 e. The van der Waals surface area contributed by atoms with E-state index >= 15 is 0 Å². The van der Waals surface area contributed by atoms with Crippen molar-refractivity contribution < 1.29 is 14.3 Å². The maximum atomic E-state index is 13.5. The van der Waals surface area contributed by atoms with Gasteiger partial charge in [0.05, 0.1) is 19.1 Å². The molecule has 2 unspecified atom stereocenters. The summed E-state index contributed by atoms with van der Waals surface area (Å²) in [5.74, 6) is -0.110. The summed E-state index contributed by atoms with van der Waals surface area (Å²) in [6.45, 7) is 7.15. The highest BCUT2D eigenvalue weighted by molar-refractivity contribution is 6.09. The predicted molar refractivity (Wildman–Crippen MR) is 129 cm³/mol. The number of benzene rings is 2. The Bertz CT molecular complexity index is 899. The molecule has 32 heavy (non-hydrogen) atoms. The molecule has 1 amide bonds. The van der Waals surface area contributed by atoms with Crippen LogP contribution in [-0.4, -0.2) is 66.9 Å². The smallest absolute Gasteiger partial charge is 0.230 e. The van der Waals surface area contributed by atoms with Crippen LogP contribution in [0.5, 0.6) is 0 Å². The zero-order chi connectivity index (χ0) is 21.6. The maximum Gasteiger partial charge on any atom is 0.230 e. The Labute approximate surface area is 197 Å². The Kier molecular flexibility index (Phi) is 8.85. The van der Waals surface area contributed by atoms with E-state index < -0.39 is 0 Å². The quantitative estimate of drug-likeness (QED) is 0.612. The molecule has 2 aliphatic heterocycles. The number of carbonyl (C=O) groups excluding carboxylic acids is 2. The SMILES string of the molecule is CC(C(=O)N1CCCCC1CN1CCOCC1)c1cccc(C(=O)c2ccccc2)c1.Cl. The van der Waals surface area contributed by atoms with Crippen LogP contribution in [-0.2, 0) is 9.53 Å². The van der Waals surface area contributed by atoms with Crippen LogP contribution in [0.3, 0.4) is 0 Å². The first-order valence-corrected chi connectivity index (χ1v) is 11.4. The summed E-state index contributed by atoms with van der Waals surface area (Å²) in [5, 5.41) is 0. The first-order valence-electron chi connectivity index (χ1n) is 11.4. The molecule has 5 nitrogen and oxygen atoms in total. The Morgan fingerprint density at radius 3 is 2.44 bits per heavy atom. The molecule has 2 aliphatic rings. The molecule has 0 saturated carbocycles. The Morgan fingerprint density at radius 1 is 0.969 bits per heavy atom. The number of morpholine rings is 1. The third-order valence-electron chi connectivity index (χ3n) is 6.54. The lowest BCUT2D eigenvalue weighted by molar-refractivity contribution is -0.136. The molecule has 0 aliphatic carbocycles. The summed E-state index contributed by atoms with van der Waals surface area (Å²) in [6.07, 6.45) is 3.29. The highest BCUT2D eigenvalue weighted by atomic mass is 35.5. The fourth-order valence-electron chi connectivity index (χ4n) is 4.66. The fourth-order valence-corrected chi connectivity index (χ4v) is 4.66. The zero-order valence-corrected chi connectivity index (χ0v) is 19.6. The molecule has 2 fully saturated rings. The molecule has 2 aromatic carbocycles. The molecule has 0 aromatic heterocycles. The fraction of sp³-hybridized carbons (Fsp3) is 0.462. The molecule has 6 heteroatoms. The lowest BCUT2D eigenvalue weighted by Crippen LogP contribution is -2.52. The van der Waals surface area contributed by atoms with Crippen molar-refractivity contribution in [3.05, 3.63) is 71.3 Å². The van der Waals surface area contributed by atoms with Crippen molar-refractivity contribution in [2.75, 3.05) is 39.4 Å². The zero-order valence-electron chi connectivity index (χ0n) is 18.7. The van der Waals surface area contributed by atoms with Crippen molar-refractivity contribution in [2.45, 2.75) is 38.1 Å². The van der Waals surface area contributed by atoms with Gasteiger partial charge in [0.2, 0.25) is 5.91 Å². The molecule has 2 aromatic rings. The van der Waals surface area contributed by atoms with E-state index in [1.165, 1.54) is 6.42 Å². The molecule has 0 spiro atoms. The second-order valence-corrected chi connectivity index (χ2v) is 8.64. The number of hydrogen-bond acceptors (Lipinski definition) is 4. The van der Waals surface area contributed by atoms with Crippen molar-refractivity contribution in [1.82, 2.24) is 9.80 Å². The first kappa shape index (κ1) is 24.4. The van der Waals surface area contributed by atoms with Gasteiger partial charge in [0, 0.05) is 43.3 Å². The van der Waals surface area contributed by atoms with E-state index in [9.17, 15) is 9.59 Å². The number of hydrogen-bond donors (Lipinski definition) is 0.